The van der Waals surface area contributed by atoms with E-state index >= 15 is 0 Å². The number of anilines is 1. The van der Waals surface area contributed by atoms with Crippen molar-refractivity contribution in [1.82, 2.24) is 0 Å². The first-order valence-electron chi connectivity index (χ1n) is 6.90. The molecule has 1 aromatic rings. The van der Waals surface area contributed by atoms with Crippen LogP contribution in [-0.2, 0) is 11.2 Å². The minimum Gasteiger partial charge on any atom is -0.325 e. The van der Waals surface area contributed by atoms with Crippen molar-refractivity contribution in [2.75, 3.05) is 5.32 Å². The summed E-state index contributed by atoms with van der Waals surface area (Å²) in [6, 6.07) is 6.33. The second-order valence-corrected chi connectivity index (χ2v) is 5.43. The Labute approximate surface area is 134 Å². The van der Waals surface area contributed by atoms with Gasteiger partial charge in [-0.15, -0.1) is 12.4 Å². The van der Waals surface area contributed by atoms with Crippen LogP contribution >= 0.6 is 12.4 Å². The number of benzene rings is 1. The Morgan fingerprint density at radius 1 is 1.18 bits per heavy atom. The van der Waals surface area contributed by atoms with E-state index in [0.29, 0.717) is 17.7 Å². The smallest absolute Gasteiger partial charge is 0.325 e. The average molecular weight is 339 g/mol. The molecule has 1 unspecified atom stereocenters. The van der Waals surface area contributed by atoms with Gasteiger partial charge < -0.3 is 11.1 Å². The minimum atomic E-state index is -4.16. The molecule has 0 radical (unpaired) electrons. The second kappa shape index (κ2) is 8.39. The van der Waals surface area contributed by atoms with Crippen LogP contribution in [0.5, 0.6) is 0 Å². The number of nitrogens with two attached hydrogens (primary N) is 1. The van der Waals surface area contributed by atoms with Gasteiger partial charge in [0, 0.05) is 12.1 Å². The van der Waals surface area contributed by atoms with Gasteiger partial charge in [0.2, 0.25) is 5.91 Å². The molecule has 3 N–H and O–H groups in total. The molecule has 0 saturated heterocycles. The van der Waals surface area contributed by atoms with Crippen molar-refractivity contribution < 1.29 is 18.0 Å². The molecule has 126 valence electrons. The van der Waals surface area contributed by atoms with Crippen molar-refractivity contribution in [1.29, 1.82) is 0 Å². The molecule has 0 saturated carbocycles. The van der Waals surface area contributed by atoms with Gasteiger partial charge >= 0.3 is 6.18 Å². The normalized spacial score (nSPS) is 13.9. The van der Waals surface area contributed by atoms with E-state index in [1.54, 1.807) is 31.2 Å². The number of hydrogen-bond donors (Lipinski definition) is 2. The Morgan fingerprint density at radius 2 is 1.73 bits per heavy atom. The zero-order chi connectivity index (χ0) is 16.1. The van der Waals surface area contributed by atoms with Gasteiger partial charge in [-0.05, 0) is 37.5 Å². The largest absolute Gasteiger partial charge is 0.389 e. The summed E-state index contributed by atoms with van der Waals surface area (Å²) >= 11 is 0. The summed E-state index contributed by atoms with van der Waals surface area (Å²) in [4.78, 5) is 12.0. The van der Waals surface area contributed by atoms with E-state index in [1.165, 1.54) is 0 Å². The molecule has 0 aliphatic carbocycles. The van der Waals surface area contributed by atoms with Gasteiger partial charge in [-0.2, -0.15) is 13.2 Å². The maximum Gasteiger partial charge on any atom is 0.389 e. The van der Waals surface area contributed by atoms with E-state index in [9.17, 15) is 18.0 Å². The van der Waals surface area contributed by atoms with E-state index in [-0.39, 0.29) is 24.7 Å². The lowest BCUT2D eigenvalue weighted by Crippen LogP contribution is -2.48. The first-order chi connectivity index (χ1) is 9.64. The molecule has 7 heteroatoms. The third kappa shape index (κ3) is 7.13. The van der Waals surface area contributed by atoms with Crippen LogP contribution in [0.1, 0.15) is 38.7 Å². The Hall–Kier alpha value is -1.27. The molecular weight excluding hydrogens is 317 g/mol. The number of halogens is 4. The van der Waals surface area contributed by atoms with Gasteiger partial charge in [0.25, 0.3) is 0 Å². The maximum atomic E-state index is 12.1. The van der Waals surface area contributed by atoms with Gasteiger partial charge in [-0.1, -0.05) is 25.5 Å². The Bertz CT molecular complexity index is 473. The number of carbonyl (C=O) groups excluding carboxylic acids is 1. The van der Waals surface area contributed by atoms with Gasteiger partial charge in [-0.25, -0.2) is 0 Å². The fourth-order valence-electron chi connectivity index (χ4n) is 1.95. The van der Waals surface area contributed by atoms with Crippen molar-refractivity contribution >= 4 is 24.0 Å². The van der Waals surface area contributed by atoms with Crippen molar-refractivity contribution in [3.8, 4) is 0 Å². The fourth-order valence-corrected chi connectivity index (χ4v) is 1.95. The lowest BCUT2D eigenvalue weighted by atomic mass is 9.96. The SMILES string of the molecule is CCCC(C)(N)C(=O)Nc1ccc(CCC(F)(F)F)cc1.Cl. The minimum absolute atomic E-state index is 0. The van der Waals surface area contributed by atoms with Crippen LogP contribution in [0.4, 0.5) is 18.9 Å². The Morgan fingerprint density at radius 3 is 2.18 bits per heavy atom. The number of carbonyl (C=O) groups is 1. The average Bonchev–Trinajstić information content (AvgIpc) is 2.37. The first-order valence-corrected chi connectivity index (χ1v) is 6.90. The van der Waals surface area contributed by atoms with Crippen LogP contribution in [0.15, 0.2) is 24.3 Å². The highest BCUT2D eigenvalue weighted by molar-refractivity contribution is 5.97. The van der Waals surface area contributed by atoms with E-state index in [4.69, 9.17) is 5.73 Å². The summed E-state index contributed by atoms with van der Waals surface area (Å²) in [5.74, 6) is -0.299. The molecular formula is C15H22ClF3N2O. The lowest BCUT2D eigenvalue weighted by molar-refractivity contribution is -0.134. The van der Waals surface area contributed by atoms with Crippen LogP contribution in [0.25, 0.3) is 0 Å². The molecule has 3 nitrogen and oxygen atoms in total. The quantitative estimate of drug-likeness (QED) is 0.821. The third-order valence-electron chi connectivity index (χ3n) is 3.20. The van der Waals surface area contributed by atoms with E-state index in [0.717, 1.165) is 6.42 Å². The van der Waals surface area contributed by atoms with Crippen LogP contribution in [-0.4, -0.2) is 17.6 Å². The standard InChI is InChI=1S/C15H21F3N2O.ClH/c1-3-9-14(2,19)13(21)20-12-6-4-11(5-7-12)8-10-15(16,17)18;/h4-7H,3,8-10,19H2,1-2H3,(H,20,21);1H. The van der Waals surface area contributed by atoms with Gasteiger partial charge in [0.1, 0.15) is 0 Å². The zero-order valence-corrected chi connectivity index (χ0v) is 13.5. The maximum absolute atomic E-state index is 12.1. The first kappa shape index (κ1) is 20.7. The topological polar surface area (TPSA) is 55.1 Å². The van der Waals surface area contributed by atoms with E-state index in [1.807, 2.05) is 6.92 Å². The fraction of sp³-hybridized carbons (Fsp3) is 0.533. The predicted molar refractivity (Wildman–Crippen MR) is 84.2 cm³/mol. The second-order valence-electron chi connectivity index (χ2n) is 5.43. The monoisotopic (exact) mass is 338 g/mol. The molecule has 1 atom stereocenters. The van der Waals surface area contributed by atoms with Crippen molar-refractivity contribution in [3.05, 3.63) is 29.8 Å². The summed E-state index contributed by atoms with van der Waals surface area (Å²) < 4.78 is 36.4. The molecule has 0 aliphatic rings. The van der Waals surface area contributed by atoms with E-state index in [2.05, 4.69) is 5.32 Å². The molecule has 0 fully saturated rings. The Kier molecular flexibility index (Phi) is 7.90. The summed E-state index contributed by atoms with van der Waals surface area (Å²) in [5.41, 5.74) is 6.06. The summed E-state index contributed by atoms with van der Waals surface area (Å²) in [6.45, 7) is 3.59. The summed E-state index contributed by atoms with van der Waals surface area (Å²) in [5, 5.41) is 2.68. The highest BCUT2D eigenvalue weighted by atomic mass is 35.5. The van der Waals surface area contributed by atoms with Crippen LogP contribution in [0, 0.1) is 0 Å². The highest BCUT2D eigenvalue weighted by Crippen LogP contribution is 2.23. The van der Waals surface area contributed by atoms with Crippen molar-refractivity contribution in [2.45, 2.75) is 51.2 Å². The third-order valence-corrected chi connectivity index (χ3v) is 3.20. The summed E-state index contributed by atoms with van der Waals surface area (Å²) in [7, 11) is 0. The number of aryl methyl sites for hydroxylation is 1. The van der Waals surface area contributed by atoms with Crippen molar-refractivity contribution in [3.63, 3.8) is 0 Å². The van der Waals surface area contributed by atoms with Crippen LogP contribution in [0.2, 0.25) is 0 Å². The van der Waals surface area contributed by atoms with Crippen molar-refractivity contribution in [2.24, 2.45) is 5.73 Å². The number of amides is 1. The Balaban J connectivity index is 0.00000441. The molecule has 1 aromatic carbocycles. The molecule has 0 heterocycles. The molecule has 0 aromatic heterocycles. The van der Waals surface area contributed by atoms with Gasteiger partial charge in [0.15, 0.2) is 0 Å². The summed E-state index contributed by atoms with van der Waals surface area (Å²) in [6.07, 6.45) is -3.73. The molecule has 0 bridgehead atoms. The predicted octanol–water partition coefficient (Wildman–Crippen LogP) is 4.06. The number of rotatable bonds is 6. The number of hydrogen-bond acceptors (Lipinski definition) is 2. The molecule has 0 aliphatic heterocycles. The van der Waals surface area contributed by atoms with E-state index < -0.39 is 18.1 Å². The molecule has 0 spiro atoms. The van der Waals surface area contributed by atoms with Gasteiger partial charge in [0.05, 0.1) is 5.54 Å². The van der Waals surface area contributed by atoms with Crippen LogP contribution in [0.3, 0.4) is 0 Å². The number of nitrogens with one attached hydrogen (secondary N) is 1. The molecule has 1 amide bonds. The zero-order valence-electron chi connectivity index (χ0n) is 12.7. The van der Waals surface area contributed by atoms with Crippen LogP contribution < -0.4 is 11.1 Å². The number of alkyl halides is 3. The highest BCUT2D eigenvalue weighted by Gasteiger charge is 2.27. The lowest BCUT2D eigenvalue weighted by Gasteiger charge is -2.22. The molecule has 22 heavy (non-hydrogen) atoms. The van der Waals surface area contributed by atoms with Gasteiger partial charge in [-0.3, -0.25) is 4.79 Å². The molecule has 1 rings (SSSR count).